The number of fused-ring (bicyclic) bond motifs is 1. The number of amides is 3. The topological polar surface area (TPSA) is 75.7 Å². The van der Waals surface area contributed by atoms with Gasteiger partial charge < -0.3 is 10.1 Å². The Hall–Kier alpha value is -3.15. The number of nitrogens with zero attached hydrogens (tertiary/aromatic N) is 1. The SMILES string of the molecule is CCOc1ccc(N2C(=O)c3ccc(C(=O)NC45CC6CC(CC(C6)C4)C5)cc3C2=O)cc1. The normalized spacial score (nSPS) is 29.4. The minimum Gasteiger partial charge on any atom is -0.494 e. The lowest BCUT2D eigenvalue weighted by atomic mass is 9.53. The van der Waals surface area contributed by atoms with Crippen molar-refractivity contribution in [2.24, 2.45) is 17.8 Å². The van der Waals surface area contributed by atoms with Gasteiger partial charge in [0.2, 0.25) is 0 Å². The number of ether oxygens (including phenoxy) is 1. The zero-order chi connectivity index (χ0) is 22.7. The number of imide groups is 1. The fraction of sp³-hybridized carbons (Fsp3) is 0.444. The lowest BCUT2D eigenvalue weighted by molar-refractivity contribution is -0.0167. The van der Waals surface area contributed by atoms with E-state index in [1.165, 1.54) is 24.2 Å². The van der Waals surface area contributed by atoms with E-state index in [-0.39, 0.29) is 22.9 Å². The van der Waals surface area contributed by atoms with Crippen molar-refractivity contribution in [3.63, 3.8) is 0 Å². The first-order valence-corrected chi connectivity index (χ1v) is 12.0. The molecular weight excluding hydrogens is 416 g/mol. The Balaban J connectivity index is 1.23. The van der Waals surface area contributed by atoms with Crippen LogP contribution >= 0.6 is 0 Å². The van der Waals surface area contributed by atoms with Gasteiger partial charge in [0.05, 0.1) is 23.4 Å². The Morgan fingerprint density at radius 1 is 0.939 bits per heavy atom. The van der Waals surface area contributed by atoms with Crippen LogP contribution in [0.4, 0.5) is 5.69 Å². The van der Waals surface area contributed by atoms with Crippen LogP contribution in [0.15, 0.2) is 42.5 Å². The number of carbonyl (C=O) groups excluding carboxylic acids is 3. The third-order valence-electron chi connectivity index (χ3n) is 7.97. The summed E-state index contributed by atoms with van der Waals surface area (Å²) in [6.07, 6.45) is 7.14. The van der Waals surface area contributed by atoms with Crippen molar-refractivity contribution in [1.29, 1.82) is 0 Å². The Morgan fingerprint density at radius 2 is 1.55 bits per heavy atom. The van der Waals surface area contributed by atoms with E-state index >= 15 is 0 Å². The predicted octanol–water partition coefficient (Wildman–Crippen LogP) is 4.58. The lowest BCUT2D eigenvalue weighted by Crippen LogP contribution is -2.59. The van der Waals surface area contributed by atoms with Gasteiger partial charge in [0, 0.05) is 11.1 Å². The molecule has 3 amide bonds. The van der Waals surface area contributed by atoms with Gasteiger partial charge in [-0.15, -0.1) is 0 Å². The lowest BCUT2D eigenvalue weighted by Gasteiger charge is -2.56. The van der Waals surface area contributed by atoms with E-state index in [0.29, 0.717) is 29.2 Å². The average Bonchev–Trinajstić information content (AvgIpc) is 3.03. The maximum Gasteiger partial charge on any atom is 0.266 e. The first kappa shape index (κ1) is 20.5. The summed E-state index contributed by atoms with van der Waals surface area (Å²) >= 11 is 0. The summed E-state index contributed by atoms with van der Waals surface area (Å²) in [4.78, 5) is 40.5. The van der Waals surface area contributed by atoms with Crippen LogP contribution in [0.3, 0.4) is 0 Å². The molecular formula is C27H28N2O4. The molecule has 0 radical (unpaired) electrons. The molecule has 4 saturated carbocycles. The molecule has 4 bridgehead atoms. The second kappa shape index (κ2) is 7.44. The number of anilines is 1. The van der Waals surface area contributed by atoms with E-state index in [9.17, 15) is 14.4 Å². The number of rotatable bonds is 5. The number of benzene rings is 2. The quantitative estimate of drug-likeness (QED) is 0.685. The highest BCUT2D eigenvalue weighted by Crippen LogP contribution is 2.55. The van der Waals surface area contributed by atoms with Crippen LogP contribution in [0, 0.1) is 17.8 Å². The predicted molar refractivity (Wildman–Crippen MR) is 124 cm³/mol. The van der Waals surface area contributed by atoms with Gasteiger partial charge in [-0.2, -0.15) is 0 Å². The van der Waals surface area contributed by atoms with Gasteiger partial charge in [0.15, 0.2) is 0 Å². The molecule has 1 N–H and O–H groups in total. The van der Waals surface area contributed by atoms with Gasteiger partial charge in [-0.25, -0.2) is 4.90 Å². The maximum absolute atomic E-state index is 13.2. The summed E-state index contributed by atoms with van der Waals surface area (Å²) in [6, 6.07) is 11.8. The summed E-state index contributed by atoms with van der Waals surface area (Å²) in [6.45, 7) is 2.44. The Morgan fingerprint density at radius 3 is 2.15 bits per heavy atom. The molecule has 5 aliphatic rings. The van der Waals surface area contributed by atoms with Crippen LogP contribution in [-0.2, 0) is 0 Å². The highest BCUT2D eigenvalue weighted by Gasteiger charge is 2.51. The molecule has 6 heteroatoms. The van der Waals surface area contributed by atoms with Gasteiger partial charge in [-0.3, -0.25) is 14.4 Å². The highest BCUT2D eigenvalue weighted by atomic mass is 16.5. The minimum absolute atomic E-state index is 0.0982. The van der Waals surface area contributed by atoms with E-state index in [0.717, 1.165) is 37.0 Å². The third kappa shape index (κ3) is 3.35. The van der Waals surface area contributed by atoms with Crippen molar-refractivity contribution >= 4 is 23.4 Å². The van der Waals surface area contributed by atoms with Gasteiger partial charge >= 0.3 is 0 Å². The number of hydrogen-bond acceptors (Lipinski definition) is 4. The second-order valence-electron chi connectivity index (χ2n) is 10.3. The molecule has 0 spiro atoms. The van der Waals surface area contributed by atoms with Crippen molar-refractivity contribution in [1.82, 2.24) is 5.32 Å². The van der Waals surface area contributed by atoms with Crippen LogP contribution in [0.25, 0.3) is 0 Å². The molecule has 4 aliphatic carbocycles. The molecule has 0 saturated heterocycles. The zero-order valence-electron chi connectivity index (χ0n) is 18.8. The van der Waals surface area contributed by atoms with Crippen LogP contribution in [0.5, 0.6) is 5.75 Å². The average molecular weight is 445 g/mol. The van der Waals surface area contributed by atoms with E-state index in [1.807, 2.05) is 6.92 Å². The Kier molecular flexibility index (Phi) is 4.61. The third-order valence-corrected chi connectivity index (χ3v) is 7.97. The van der Waals surface area contributed by atoms with Crippen LogP contribution in [0.1, 0.15) is 76.5 Å². The van der Waals surface area contributed by atoms with Crippen LogP contribution in [0.2, 0.25) is 0 Å². The fourth-order valence-electron chi connectivity index (χ4n) is 7.05. The monoisotopic (exact) mass is 444 g/mol. The molecule has 33 heavy (non-hydrogen) atoms. The Bertz CT molecular complexity index is 1120. The number of nitrogens with one attached hydrogen (secondary N) is 1. The first-order chi connectivity index (χ1) is 15.9. The molecule has 1 aliphatic heterocycles. The standard InChI is InChI=1S/C27H28N2O4/c1-2-33-21-6-4-20(5-7-21)29-25(31)22-8-3-19(12-23(22)26(29)32)24(30)28-27-13-16-9-17(14-27)11-18(10-16)15-27/h3-8,12,16-18H,2,9-11,13-15H2,1H3,(H,28,30). The minimum atomic E-state index is -0.399. The molecule has 7 rings (SSSR count). The molecule has 170 valence electrons. The summed E-state index contributed by atoms with van der Waals surface area (Å²) in [5, 5.41) is 3.36. The second-order valence-corrected chi connectivity index (χ2v) is 10.3. The van der Waals surface area contributed by atoms with Gasteiger partial charge in [0.25, 0.3) is 17.7 Å². The van der Waals surface area contributed by atoms with Crippen molar-refractivity contribution in [2.75, 3.05) is 11.5 Å². The zero-order valence-corrected chi connectivity index (χ0v) is 18.8. The summed E-state index contributed by atoms with van der Waals surface area (Å²) in [5.41, 5.74) is 1.45. The van der Waals surface area contributed by atoms with Gasteiger partial charge in [0.1, 0.15) is 5.75 Å². The van der Waals surface area contributed by atoms with Crippen molar-refractivity contribution in [3.05, 3.63) is 59.2 Å². The Labute approximate surface area is 193 Å². The number of carbonyl (C=O) groups is 3. The van der Waals surface area contributed by atoms with E-state index < -0.39 is 5.91 Å². The van der Waals surface area contributed by atoms with E-state index in [4.69, 9.17) is 4.74 Å². The van der Waals surface area contributed by atoms with Crippen molar-refractivity contribution < 1.29 is 19.1 Å². The van der Waals surface area contributed by atoms with Crippen LogP contribution in [-0.4, -0.2) is 29.9 Å². The highest BCUT2D eigenvalue weighted by molar-refractivity contribution is 6.34. The molecule has 4 fully saturated rings. The van der Waals surface area contributed by atoms with Crippen LogP contribution < -0.4 is 15.0 Å². The number of hydrogen-bond donors (Lipinski definition) is 1. The van der Waals surface area contributed by atoms with Crippen molar-refractivity contribution in [2.45, 2.75) is 51.0 Å². The summed E-state index contributed by atoms with van der Waals surface area (Å²) in [7, 11) is 0. The van der Waals surface area contributed by atoms with Gasteiger partial charge in [-0.05, 0) is 106 Å². The van der Waals surface area contributed by atoms with Gasteiger partial charge in [-0.1, -0.05) is 0 Å². The van der Waals surface area contributed by atoms with E-state index in [2.05, 4.69) is 5.32 Å². The fourth-order valence-corrected chi connectivity index (χ4v) is 7.05. The molecule has 0 unspecified atom stereocenters. The molecule has 2 aromatic carbocycles. The molecule has 0 aromatic heterocycles. The summed E-state index contributed by atoms with van der Waals surface area (Å²) < 4.78 is 5.45. The van der Waals surface area contributed by atoms with E-state index in [1.54, 1.807) is 42.5 Å². The smallest absolute Gasteiger partial charge is 0.266 e. The maximum atomic E-state index is 13.2. The first-order valence-electron chi connectivity index (χ1n) is 12.0. The molecule has 0 atom stereocenters. The largest absolute Gasteiger partial charge is 0.494 e. The molecule has 6 nitrogen and oxygen atoms in total. The molecule has 1 heterocycles. The molecule has 2 aromatic rings. The van der Waals surface area contributed by atoms with Crippen molar-refractivity contribution in [3.8, 4) is 5.75 Å². The summed E-state index contributed by atoms with van der Waals surface area (Å²) in [5.74, 6) is 1.98.